The van der Waals surface area contributed by atoms with Gasteiger partial charge < -0.3 is 19.3 Å². The maximum absolute atomic E-state index is 13.8. The van der Waals surface area contributed by atoms with Gasteiger partial charge in [-0.1, -0.05) is 6.92 Å². The molecule has 1 atom stereocenters. The lowest BCUT2D eigenvalue weighted by Gasteiger charge is -2.39. The van der Waals surface area contributed by atoms with Crippen molar-refractivity contribution in [3.63, 3.8) is 0 Å². The first kappa shape index (κ1) is 22.6. The van der Waals surface area contributed by atoms with E-state index in [1.165, 1.54) is 0 Å². The zero-order chi connectivity index (χ0) is 20.1. The Hall–Kier alpha value is -0.660. The largest absolute Gasteiger partial charge is 0.458 e. The van der Waals surface area contributed by atoms with Crippen molar-refractivity contribution in [3.05, 3.63) is 0 Å². The fourth-order valence-electron chi connectivity index (χ4n) is 2.75. The molecule has 2 heterocycles. The first-order valence-electron chi connectivity index (χ1n) is 9.81. The molecule has 9 heteroatoms. The van der Waals surface area contributed by atoms with Gasteiger partial charge in [0, 0.05) is 26.2 Å². The summed E-state index contributed by atoms with van der Waals surface area (Å²) >= 11 is 0. The summed E-state index contributed by atoms with van der Waals surface area (Å²) in [5, 5.41) is 0. The molecule has 0 spiro atoms. The molecular weight excluding hydrogens is 369 g/mol. The van der Waals surface area contributed by atoms with E-state index in [2.05, 4.69) is 14.6 Å². The Morgan fingerprint density at radius 3 is 1.74 bits per heavy atom. The van der Waals surface area contributed by atoms with E-state index in [9.17, 15) is 4.57 Å². The van der Waals surface area contributed by atoms with Crippen LogP contribution in [-0.4, -0.2) is 79.6 Å². The van der Waals surface area contributed by atoms with Gasteiger partial charge in [0.05, 0.1) is 37.6 Å². The fraction of sp³-hybridized carbons (Fsp3) is 0.944. The van der Waals surface area contributed by atoms with Crippen LogP contribution in [0.1, 0.15) is 48.0 Å². The first-order valence-corrected chi connectivity index (χ1v) is 11.3. The van der Waals surface area contributed by atoms with Gasteiger partial charge in [-0.2, -0.15) is 0 Å². The zero-order valence-corrected chi connectivity index (χ0v) is 18.6. The maximum atomic E-state index is 13.8. The smallest absolute Gasteiger partial charge is 0.378 e. The van der Waals surface area contributed by atoms with Crippen molar-refractivity contribution < 1.29 is 23.1 Å². The van der Waals surface area contributed by atoms with Crippen molar-refractivity contribution in [1.29, 1.82) is 0 Å². The van der Waals surface area contributed by atoms with Crippen LogP contribution in [0.5, 0.6) is 0 Å². The molecule has 2 aliphatic heterocycles. The second kappa shape index (κ2) is 9.23. The van der Waals surface area contributed by atoms with Crippen molar-refractivity contribution in [2.24, 2.45) is 4.76 Å². The monoisotopic (exact) mass is 405 g/mol. The summed E-state index contributed by atoms with van der Waals surface area (Å²) < 4.78 is 41.2. The number of guanidine groups is 1. The van der Waals surface area contributed by atoms with Gasteiger partial charge >= 0.3 is 7.75 Å². The molecule has 0 bridgehead atoms. The van der Waals surface area contributed by atoms with E-state index >= 15 is 0 Å². The van der Waals surface area contributed by atoms with Crippen LogP contribution in [0.3, 0.4) is 0 Å². The third-order valence-electron chi connectivity index (χ3n) is 4.40. The van der Waals surface area contributed by atoms with Gasteiger partial charge in [0.25, 0.3) is 0 Å². The third kappa shape index (κ3) is 7.35. The summed E-state index contributed by atoms with van der Waals surface area (Å²) in [6.07, 6.45) is 0.699. The van der Waals surface area contributed by atoms with Crippen molar-refractivity contribution in [3.8, 4) is 0 Å². The molecule has 158 valence electrons. The fourth-order valence-corrected chi connectivity index (χ4v) is 4.78. The summed E-state index contributed by atoms with van der Waals surface area (Å²) in [6, 6.07) is 0. The molecule has 0 aromatic rings. The van der Waals surface area contributed by atoms with Crippen molar-refractivity contribution in [2.75, 3.05) is 52.6 Å². The molecule has 1 unspecified atom stereocenters. The first-order chi connectivity index (χ1) is 12.5. The van der Waals surface area contributed by atoms with E-state index in [1.807, 2.05) is 41.5 Å². The van der Waals surface area contributed by atoms with Gasteiger partial charge in [-0.25, -0.2) is 4.57 Å². The highest BCUT2D eigenvalue weighted by Gasteiger charge is 2.39. The lowest BCUT2D eigenvalue weighted by atomic mass is 10.1. The van der Waals surface area contributed by atoms with Gasteiger partial charge in [-0.05, 0) is 41.0 Å². The highest BCUT2D eigenvalue weighted by atomic mass is 31.2. The van der Waals surface area contributed by atoms with Crippen LogP contribution in [0, 0.1) is 0 Å². The van der Waals surface area contributed by atoms with Crippen molar-refractivity contribution in [1.82, 2.24) is 9.80 Å². The predicted octanol–water partition coefficient (Wildman–Crippen LogP) is 3.14. The van der Waals surface area contributed by atoms with Crippen molar-refractivity contribution in [2.45, 2.75) is 59.2 Å². The highest BCUT2D eigenvalue weighted by Crippen LogP contribution is 2.56. The van der Waals surface area contributed by atoms with Crippen LogP contribution in [0.25, 0.3) is 0 Å². The number of nitrogens with zero attached hydrogens (tertiary/aromatic N) is 3. The minimum absolute atomic E-state index is 0.606. The van der Waals surface area contributed by atoms with Crippen LogP contribution in [0.15, 0.2) is 4.76 Å². The van der Waals surface area contributed by atoms with E-state index in [0.29, 0.717) is 65.0 Å². The molecule has 0 aliphatic carbocycles. The Labute approximate surface area is 163 Å². The molecule has 2 saturated heterocycles. The summed E-state index contributed by atoms with van der Waals surface area (Å²) in [4.78, 5) is 4.21. The van der Waals surface area contributed by atoms with Crippen LogP contribution in [0.2, 0.25) is 0 Å². The minimum Gasteiger partial charge on any atom is -0.378 e. The number of rotatable bonds is 5. The molecule has 0 aromatic heterocycles. The molecule has 0 amide bonds. The molecule has 27 heavy (non-hydrogen) atoms. The molecule has 2 rings (SSSR count). The Morgan fingerprint density at radius 2 is 1.37 bits per heavy atom. The van der Waals surface area contributed by atoms with Gasteiger partial charge in [0.2, 0.25) is 5.96 Å². The Balaban J connectivity index is 2.39. The topological polar surface area (TPSA) is 72.8 Å². The highest BCUT2D eigenvalue weighted by molar-refractivity contribution is 7.52. The lowest BCUT2D eigenvalue weighted by molar-refractivity contribution is 0.0335. The maximum Gasteiger partial charge on any atom is 0.458 e. The average Bonchev–Trinajstić information content (AvgIpc) is 2.59. The molecule has 2 aliphatic rings. The predicted molar refractivity (Wildman–Crippen MR) is 106 cm³/mol. The SMILES string of the molecule is CCC(C)(C)OP(=O)(N=C(N1CCOCC1)N1CCOCC1)OC(C)(C)C. The standard InChI is InChI=1S/C18H36N3O5P/c1-7-18(5,6)26-27(22,25-17(2,3)4)19-16(20-8-12-23-13-9-20)21-10-14-24-15-11-21/h7-15H2,1-6H3. The number of ether oxygens (including phenoxy) is 2. The second-order valence-corrected chi connectivity index (χ2v) is 9.98. The quantitative estimate of drug-likeness (QED) is 0.395. The third-order valence-corrected chi connectivity index (χ3v) is 6.33. The molecule has 0 N–H and O–H groups in total. The Bertz CT molecular complexity index is 530. The molecule has 8 nitrogen and oxygen atoms in total. The van der Waals surface area contributed by atoms with Crippen molar-refractivity contribution >= 4 is 13.7 Å². The summed E-state index contributed by atoms with van der Waals surface area (Å²) in [5.41, 5.74) is -1.25. The van der Waals surface area contributed by atoms with Gasteiger partial charge in [0.15, 0.2) is 0 Å². The number of morpholine rings is 2. The summed E-state index contributed by atoms with van der Waals surface area (Å²) in [6.45, 7) is 16.7. The summed E-state index contributed by atoms with van der Waals surface area (Å²) in [5.74, 6) is 0.654. The summed E-state index contributed by atoms with van der Waals surface area (Å²) in [7, 11) is -3.75. The van der Waals surface area contributed by atoms with Gasteiger partial charge in [-0.3, -0.25) is 9.05 Å². The normalized spacial score (nSPS) is 21.7. The molecule has 0 radical (unpaired) electrons. The van der Waals surface area contributed by atoms with Gasteiger partial charge in [-0.15, -0.1) is 4.76 Å². The molecule has 0 saturated carbocycles. The van der Waals surface area contributed by atoms with E-state index in [1.54, 1.807) is 0 Å². The second-order valence-electron chi connectivity index (χ2n) is 8.48. The van der Waals surface area contributed by atoms with E-state index in [0.717, 1.165) is 0 Å². The minimum atomic E-state index is -3.75. The number of hydrogen-bond donors (Lipinski definition) is 0. The zero-order valence-electron chi connectivity index (χ0n) is 17.7. The molecule has 0 aromatic carbocycles. The van der Waals surface area contributed by atoms with Crippen LogP contribution in [0.4, 0.5) is 0 Å². The van der Waals surface area contributed by atoms with Crippen LogP contribution in [-0.2, 0) is 23.1 Å². The van der Waals surface area contributed by atoms with E-state index < -0.39 is 18.9 Å². The Kier molecular flexibility index (Phi) is 7.73. The average molecular weight is 405 g/mol. The Morgan fingerprint density at radius 1 is 0.926 bits per heavy atom. The molecule has 2 fully saturated rings. The molecular formula is C18H36N3O5P. The van der Waals surface area contributed by atoms with Crippen LogP contribution < -0.4 is 0 Å². The number of hydrogen-bond acceptors (Lipinski definition) is 5. The lowest BCUT2D eigenvalue weighted by Crippen LogP contribution is -2.52. The van der Waals surface area contributed by atoms with Gasteiger partial charge in [0.1, 0.15) is 0 Å². The van der Waals surface area contributed by atoms with E-state index in [-0.39, 0.29) is 0 Å². The van der Waals surface area contributed by atoms with Crippen LogP contribution >= 0.6 is 7.75 Å². The van der Waals surface area contributed by atoms with E-state index in [4.69, 9.17) is 18.5 Å².